The van der Waals surface area contributed by atoms with E-state index in [1.165, 1.54) is 13.3 Å². The lowest BCUT2D eigenvalue weighted by molar-refractivity contribution is 0.0954. The van der Waals surface area contributed by atoms with Crippen LogP contribution in [0.3, 0.4) is 0 Å². The van der Waals surface area contributed by atoms with E-state index in [0.717, 1.165) is 5.56 Å². The number of hydrogen-bond donors (Lipinski definition) is 2. The third kappa shape index (κ3) is 5.61. The molecule has 2 N–H and O–H groups in total. The molecule has 3 aromatic carbocycles. The highest BCUT2D eigenvalue weighted by Crippen LogP contribution is 2.33. The molecule has 0 saturated carbocycles. The Morgan fingerprint density at radius 1 is 1.07 bits per heavy atom. The quantitative estimate of drug-likeness (QED) is 0.320. The van der Waals surface area contributed by atoms with Gasteiger partial charge in [0, 0.05) is 5.56 Å². The lowest BCUT2D eigenvalue weighted by Gasteiger charge is -2.12. The Bertz CT molecular complexity index is 1050. The number of benzene rings is 3. The second kappa shape index (κ2) is 10.3. The molecule has 0 fully saturated rings. The van der Waals surface area contributed by atoms with Crippen molar-refractivity contribution in [2.45, 2.75) is 6.61 Å². The van der Waals surface area contributed by atoms with Crippen LogP contribution in [0.1, 0.15) is 21.5 Å². The number of halogens is 2. The summed E-state index contributed by atoms with van der Waals surface area (Å²) in [4.78, 5) is 12.4. The van der Waals surface area contributed by atoms with Gasteiger partial charge in [-0.15, -0.1) is 0 Å². The minimum Gasteiger partial charge on any atom is -0.506 e. The monoisotopic (exact) mass is 532 g/mol. The maximum atomic E-state index is 12.4. The van der Waals surface area contributed by atoms with Crippen LogP contribution < -0.4 is 14.9 Å². The number of hydrazone groups is 1. The first-order chi connectivity index (χ1) is 14.5. The van der Waals surface area contributed by atoms with Gasteiger partial charge >= 0.3 is 0 Å². The second-order valence-electron chi connectivity index (χ2n) is 6.17. The van der Waals surface area contributed by atoms with Crippen LogP contribution in [-0.2, 0) is 6.61 Å². The van der Waals surface area contributed by atoms with Crippen LogP contribution in [0.25, 0.3) is 0 Å². The van der Waals surface area contributed by atoms with Gasteiger partial charge in [-0.1, -0.05) is 30.3 Å². The Morgan fingerprint density at radius 2 is 1.77 bits per heavy atom. The molecule has 3 aromatic rings. The third-order valence-corrected chi connectivity index (χ3v) is 5.29. The Morgan fingerprint density at radius 3 is 2.43 bits per heavy atom. The van der Waals surface area contributed by atoms with Gasteiger partial charge in [0.25, 0.3) is 5.91 Å². The van der Waals surface area contributed by atoms with Crippen molar-refractivity contribution in [2.24, 2.45) is 5.10 Å². The molecule has 8 heteroatoms. The highest BCUT2D eigenvalue weighted by Gasteiger charge is 2.11. The molecule has 0 bridgehead atoms. The molecule has 0 spiro atoms. The smallest absolute Gasteiger partial charge is 0.271 e. The van der Waals surface area contributed by atoms with Crippen molar-refractivity contribution >= 4 is 44.0 Å². The van der Waals surface area contributed by atoms with Gasteiger partial charge < -0.3 is 14.6 Å². The molecule has 0 aliphatic carbocycles. The molecule has 0 radical (unpaired) electrons. The van der Waals surface area contributed by atoms with Crippen LogP contribution in [0.15, 0.2) is 74.7 Å². The van der Waals surface area contributed by atoms with Crippen molar-refractivity contribution in [3.63, 3.8) is 0 Å². The normalized spacial score (nSPS) is 10.8. The van der Waals surface area contributed by atoms with Gasteiger partial charge in [-0.2, -0.15) is 5.10 Å². The molecule has 6 nitrogen and oxygen atoms in total. The molecular weight excluding hydrogens is 516 g/mol. The highest BCUT2D eigenvalue weighted by molar-refractivity contribution is 9.11. The Hall–Kier alpha value is -2.84. The predicted octanol–water partition coefficient (Wildman–Crippen LogP) is 5.27. The summed E-state index contributed by atoms with van der Waals surface area (Å²) in [5.74, 6) is 0.697. The van der Waals surface area contributed by atoms with Crippen LogP contribution in [0.4, 0.5) is 0 Å². The summed E-state index contributed by atoms with van der Waals surface area (Å²) in [7, 11) is 1.52. The topological polar surface area (TPSA) is 80.2 Å². The number of carbonyl (C=O) groups excluding carboxylic acids is 1. The number of rotatable bonds is 7. The summed E-state index contributed by atoms with van der Waals surface area (Å²) in [6.07, 6.45) is 1.47. The van der Waals surface area contributed by atoms with Gasteiger partial charge in [-0.25, -0.2) is 5.43 Å². The molecule has 1 amide bonds. The first kappa shape index (κ1) is 21.9. The molecular formula is C22H18Br2N2O4. The third-order valence-electron chi connectivity index (χ3n) is 4.08. The number of hydrogen-bond acceptors (Lipinski definition) is 5. The van der Waals surface area contributed by atoms with Crippen LogP contribution in [-0.4, -0.2) is 24.3 Å². The van der Waals surface area contributed by atoms with E-state index in [4.69, 9.17) is 9.47 Å². The van der Waals surface area contributed by atoms with E-state index >= 15 is 0 Å². The van der Waals surface area contributed by atoms with E-state index in [1.807, 2.05) is 30.3 Å². The maximum absolute atomic E-state index is 12.4. The van der Waals surface area contributed by atoms with Crippen molar-refractivity contribution in [3.05, 3.63) is 86.3 Å². The predicted molar refractivity (Wildman–Crippen MR) is 122 cm³/mol. The van der Waals surface area contributed by atoms with E-state index < -0.39 is 5.91 Å². The Labute approximate surface area is 190 Å². The molecule has 154 valence electrons. The molecule has 0 saturated heterocycles. The summed E-state index contributed by atoms with van der Waals surface area (Å²) >= 11 is 6.50. The summed E-state index contributed by atoms with van der Waals surface area (Å²) < 4.78 is 12.2. The lowest BCUT2D eigenvalue weighted by Crippen LogP contribution is -2.17. The average Bonchev–Trinajstić information content (AvgIpc) is 2.76. The van der Waals surface area contributed by atoms with Gasteiger partial charge in [0.05, 0.1) is 22.3 Å². The molecule has 3 rings (SSSR count). The van der Waals surface area contributed by atoms with Crippen LogP contribution in [0, 0.1) is 0 Å². The highest BCUT2D eigenvalue weighted by atomic mass is 79.9. The molecule has 0 aliphatic heterocycles. The SMILES string of the molecule is COc1cc(C(=O)N/N=C/c2cc(Br)c(O)c(Br)c2)ccc1OCc1ccccc1. The zero-order valence-electron chi connectivity index (χ0n) is 15.9. The van der Waals surface area contributed by atoms with E-state index in [9.17, 15) is 9.90 Å². The van der Waals surface area contributed by atoms with Gasteiger partial charge in [-0.05, 0) is 73.3 Å². The number of carbonyl (C=O) groups is 1. The number of phenols is 1. The van der Waals surface area contributed by atoms with Crippen LogP contribution in [0.2, 0.25) is 0 Å². The molecule has 0 atom stereocenters. The first-order valence-electron chi connectivity index (χ1n) is 8.84. The maximum Gasteiger partial charge on any atom is 0.271 e. The lowest BCUT2D eigenvalue weighted by atomic mass is 10.2. The van der Waals surface area contributed by atoms with E-state index in [2.05, 4.69) is 42.4 Å². The summed E-state index contributed by atoms with van der Waals surface area (Å²) in [5, 5.41) is 13.7. The molecule has 30 heavy (non-hydrogen) atoms. The minimum atomic E-state index is -0.393. The van der Waals surface area contributed by atoms with Crippen LogP contribution in [0.5, 0.6) is 17.2 Å². The zero-order valence-corrected chi connectivity index (χ0v) is 19.1. The second-order valence-corrected chi connectivity index (χ2v) is 7.88. The average molecular weight is 534 g/mol. The molecule has 0 aromatic heterocycles. The van der Waals surface area contributed by atoms with Gasteiger partial charge in [-0.3, -0.25) is 4.79 Å². The summed E-state index contributed by atoms with van der Waals surface area (Å²) in [6.45, 7) is 0.394. The van der Waals surface area contributed by atoms with Crippen molar-refractivity contribution in [1.29, 1.82) is 0 Å². The van der Waals surface area contributed by atoms with E-state index in [0.29, 0.717) is 38.2 Å². The molecule has 0 heterocycles. The fraction of sp³-hybridized carbons (Fsp3) is 0.0909. The summed E-state index contributed by atoms with van der Waals surface area (Å²) in [6, 6.07) is 18.1. The van der Waals surface area contributed by atoms with Crippen LogP contribution >= 0.6 is 31.9 Å². The van der Waals surface area contributed by atoms with Crippen molar-refractivity contribution < 1.29 is 19.4 Å². The zero-order chi connectivity index (χ0) is 21.5. The first-order valence-corrected chi connectivity index (χ1v) is 10.4. The number of nitrogens with one attached hydrogen (secondary N) is 1. The Balaban J connectivity index is 1.65. The number of ether oxygens (including phenoxy) is 2. The number of aromatic hydroxyl groups is 1. The van der Waals surface area contributed by atoms with Gasteiger partial charge in [0.15, 0.2) is 11.5 Å². The fourth-order valence-electron chi connectivity index (χ4n) is 2.55. The van der Waals surface area contributed by atoms with Gasteiger partial charge in [0.1, 0.15) is 12.4 Å². The summed E-state index contributed by atoms with van der Waals surface area (Å²) in [5.41, 5.74) is 4.57. The van der Waals surface area contributed by atoms with Crippen molar-refractivity contribution in [1.82, 2.24) is 5.43 Å². The number of amides is 1. The largest absolute Gasteiger partial charge is 0.506 e. The molecule has 0 aliphatic rings. The number of phenolic OH excluding ortho intramolecular Hbond substituents is 1. The van der Waals surface area contributed by atoms with E-state index in [-0.39, 0.29) is 5.75 Å². The minimum absolute atomic E-state index is 0.0952. The van der Waals surface area contributed by atoms with E-state index in [1.54, 1.807) is 30.3 Å². The standard InChI is InChI=1S/C22H18Br2N2O4/c1-29-20-11-16(7-8-19(20)30-13-14-5-3-2-4-6-14)22(28)26-25-12-15-9-17(23)21(27)18(24)10-15/h2-12,27H,13H2,1H3,(H,26,28)/b25-12+. The van der Waals surface area contributed by atoms with Crippen molar-refractivity contribution in [3.8, 4) is 17.2 Å². The molecule has 0 unspecified atom stereocenters. The van der Waals surface area contributed by atoms with Crippen molar-refractivity contribution in [2.75, 3.05) is 7.11 Å². The fourth-order valence-corrected chi connectivity index (χ4v) is 3.77. The number of methoxy groups -OCH3 is 1. The number of nitrogens with zero attached hydrogens (tertiary/aromatic N) is 1. The Kier molecular flexibility index (Phi) is 7.48. The van der Waals surface area contributed by atoms with Gasteiger partial charge in [0.2, 0.25) is 0 Å².